The van der Waals surface area contributed by atoms with Gasteiger partial charge in [-0.25, -0.2) is 0 Å². The molecule has 2 aromatic heterocycles. The van der Waals surface area contributed by atoms with Crippen LogP contribution < -0.4 is 5.32 Å². The van der Waals surface area contributed by atoms with E-state index in [-0.39, 0.29) is 0 Å². The maximum Gasteiger partial charge on any atom is 0.107 e. The van der Waals surface area contributed by atoms with E-state index >= 15 is 0 Å². The minimum Gasteiger partial charge on any atom is -0.310 e. The maximum atomic E-state index is 6.04. The van der Waals surface area contributed by atoms with Crippen LogP contribution in [-0.2, 0) is 6.54 Å². The SMILES string of the molecule is CN(C)C(CNCc1cc(Br)c(Cl)s1)c1cccs1. The maximum absolute atomic E-state index is 6.04. The summed E-state index contributed by atoms with van der Waals surface area (Å²) in [6, 6.07) is 6.79. The highest BCUT2D eigenvalue weighted by atomic mass is 79.9. The Balaban J connectivity index is 1.89. The Hall–Kier alpha value is 0.0900. The lowest BCUT2D eigenvalue weighted by atomic mass is 10.2. The average Bonchev–Trinajstić information content (AvgIpc) is 2.96. The molecule has 0 aliphatic rings. The second kappa shape index (κ2) is 7.20. The first-order valence-corrected chi connectivity index (χ1v) is 8.79. The van der Waals surface area contributed by atoms with Gasteiger partial charge in [-0.05, 0) is 47.5 Å². The van der Waals surface area contributed by atoms with Crippen molar-refractivity contribution < 1.29 is 0 Å². The summed E-state index contributed by atoms with van der Waals surface area (Å²) in [4.78, 5) is 4.89. The second-order valence-electron chi connectivity index (χ2n) is 4.46. The number of thiophene rings is 2. The first kappa shape index (κ1) is 15.5. The molecule has 1 N–H and O–H groups in total. The summed E-state index contributed by atoms with van der Waals surface area (Å²) in [6.07, 6.45) is 0. The summed E-state index contributed by atoms with van der Waals surface area (Å²) in [7, 11) is 4.23. The standard InChI is InChI=1S/C13H16BrClN2S2/c1-17(2)11(12-4-3-5-18-12)8-16-7-9-6-10(14)13(15)19-9/h3-6,11,16H,7-8H2,1-2H3. The molecule has 0 bridgehead atoms. The van der Waals surface area contributed by atoms with Gasteiger partial charge in [-0.3, -0.25) is 0 Å². The third-order valence-corrected chi connectivity index (χ3v) is 6.28. The molecule has 104 valence electrons. The van der Waals surface area contributed by atoms with Crippen LogP contribution in [0.4, 0.5) is 0 Å². The molecule has 0 aliphatic heterocycles. The van der Waals surface area contributed by atoms with Crippen LogP contribution in [0.15, 0.2) is 28.1 Å². The first-order chi connectivity index (χ1) is 9.08. The van der Waals surface area contributed by atoms with Crippen molar-refractivity contribution in [2.45, 2.75) is 12.6 Å². The van der Waals surface area contributed by atoms with Crippen LogP contribution in [0, 0.1) is 0 Å². The number of nitrogens with zero attached hydrogens (tertiary/aromatic N) is 1. The highest BCUT2D eigenvalue weighted by molar-refractivity contribution is 9.10. The molecule has 2 nitrogen and oxygen atoms in total. The number of halogens is 2. The van der Waals surface area contributed by atoms with Crippen molar-refractivity contribution in [2.24, 2.45) is 0 Å². The van der Waals surface area contributed by atoms with Crippen molar-refractivity contribution in [3.8, 4) is 0 Å². The van der Waals surface area contributed by atoms with E-state index in [0.717, 1.165) is 21.9 Å². The minimum absolute atomic E-state index is 0.416. The Bertz CT molecular complexity index is 491. The molecule has 0 aromatic carbocycles. The molecule has 0 fully saturated rings. The smallest absolute Gasteiger partial charge is 0.107 e. The van der Waals surface area contributed by atoms with Crippen LogP contribution in [0.1, 0.15) is 15.8 Å². The third kappa shape index (κ3) is 4.28. The van der Waals surface area contributed by atoms with E-state index in [2.05, 4.69) is 63.8 Å². The predicted molar refractivity (Wildman–Crippen MR) is 89.5 cm³/mol. The monoisotopic (exact) mass is 378 g/mol. The molecule has 0 amide bonds. The van der Waals surface area contributed by atoms with Crippen molar-refractivity contribution in [2.75, 3.05) is 20.6 Å². The van der Waals surface area contributed by atoms with E-state index in [9.17, 15) is 0 Å². The summed E-state index contributed by atoms with van der Waals surface area (Å²) in [6.45, 7) is 1.78. The van der Waals surface area contributed by atoms with E-state index in [4.69, 9.17) is 11.6 Å². The van der Waals surface area contributed by atoms with Crippen LogP contribution in [0.5, 0.6) is 0 Å². The summed E-state index contributed by atoms with van der Waals surface area (Å²) in [5.74, 6) is 0. The van der Waals surface area contributed by atoms with E-state index in [1.807, 2.05) is 0 Å². The Morgan fingerprint density at radius 1 is 1.47 bits per heavy atom. The fourth-order valence-electron chi connectivity index (χ4n) is 1.83. The number of hydrogen-bond acceptors (Lipinski definition) is 4. The van der Waals surface area contributed by atoms with Gasteiger partial charge < -0.3 is 10.2 Å². The van der Waals surface area contributed by atoms with E-state index in [1.54, 1.807) is 22.7 Å². The van der Waals surface area contributed by atoms with Crippen LogP contribution >= 0.6 is 50.2 Å². The van der Waals surface area contributed by atoms with Gasteiger partial charge in [0, 0.05) is 27.3 Å². The molecule has 0 aliphatic carbocycles. The quantitative estimate of drug-likeness (QED) is 0.788. The summed E-state index contributed by atoms with van der Waals surface area (Å²) >= 11 is 12.9. The molecule has 2 aromatic rings. The largest absolute Gasteiger partial charge is 0.310 e. The normalized spacial score (nSPS) is 13.1. The van der Waals surface area contributed by atoms with Crippen molar-refractivity contribution in [1.29, 1.82) is 0 Å². The molecule has 19 heavy (non-hydrogen) atoms. The Labute approximate surface area is 135 Å². The van der Waals surface area contributed by atoms with Gasteiger partial charge in [0.15, 0.2) is 0 Å². The minimum atomic E-state index is 0.416. The van der Waals surface area contributed by atoms with Gasteiger partial charge >= 0.3 is 0 Å². The van der Waals surface area contributed by atoms with E-state index in [1.165, 1.54) is 9.75 Å². The van der Waals surface area contributed by atoms with Gasteiger partial charge in [0.25, 0.3) is 0 Å². The second-order valence-corrected chi connectivity index (χ2v) is 8.03. The molecule has 0 saturated heterocycles. The van der Waals surface area contributed by atoms with Gasteiger partial charge in [0.05, 0.1) is 6.04 Å². The zero-order valence-corrected chi connectivity index (χ0v) is 14.8. The van der Waals surface area contributed by atoms with Crippen LogP contribution in [0.2, 0.25) is 4.34 Å². The molecule has 6 heteroatoms. The fourth-order valence-corrected chi connectivity index (χ4v) is 4.51. The number of hydrogen-bond donors (Lipinski definition) is 1. The molecule has 2 heterocycles. The summed E-state index contributed by atoms with van der Waals surface area (Å²) in [5, 5.41) is 5.63. The van der Waals surface area contributed by atoms with Gasteiger partial charge in [0.2, 0.25) is 0 Å². The van der Waals surface area contributed by atoms with E-state index < -0.39 is 0 Å². The number of nitrogens with one attached hydrogen (secondary N) is 1. The number of likely N-dealkylation sites (N-methyl/N-ethyl adjacent to an activating group) is 1. The van der Waals surface area contributed by atoms with Gasteiger partial charge in [-0.15, -0.1) is 22.7 Å². The molecule has 2 rings (SSSR count). The Kier molecular flexibility index (Phi) is 5.87. The highest BCUT2D eigenvalue weighted by Gasteiger charge is 2.14. The number of rotatable bonds is 6. The van der Waals surface area contributed by atoms with Crippen molar-refractivity contribution >= 4 is 50.2 Å². The molecular formula is C13H16BrClN2S2. The fraction of sp³-hybridized carbons (Fsp3) is 0.385. The van der Waals surface area contributed by atoms with Crippen LogP contribution in [0.3, 0.4) is 0 Å². The van der Waals surface area contributed by atoms with Gasteiger partial charge in [0.1, 0.15) is 4.34 Å². The summed E-state index contributed by atoms with van der Waals surface area (Å²) < 4.78 is 1.80. The van der Waals surface area contributed by atoms with Crippen LogP contribution in [-0.4, -0.2) is 25.5 Å². The molecule has 0 spiro atoms. The Morgan fingerprint density at radius 2 is 2.26 bits per heavy atom. The van der Waals surface area contributed by atoms with Gasteiger partial charge in [-0.1, -0.05) is 17.7 Å². The van der Waals surface area contributed by atoms with E-state index in [0.29, 0.717) is 6.04 Å². The summed E-state index contributed by atoms with van der Waals surface area (Å²) in [5.41, 5.74) is 0. The molecule has 1 atom stereocenters. The average molecular weight is 380 g/mol. The highest BCUT2D eigenvalue weighted by Crippen LogP contribution is 2.32. The van der Waals surface area contributed by atoms with Crippen molar-refractivity contribution in [3.05, 3.63) is 42.1 Å². The Morgan fingerprint density at radius 3 is 2.79 bits per heavy atom. The predicted octanol–water partition coefficient (Wildman–Crippen LogP) is 4.62. The lowest BCUT2D eigenvalue weighted by Gasteiger charge is -2.23. The van der Waals surface area contributed by atoms with Gasteiger partial charge in [-0.2, -0.15) is 0 Å². The zero-order chi connectivity index (χ0) is 13.8. The first-order valence-electron chi connectivity index (χ1n) is 5.92. The van der Waals surface area contributed by atoms with Crippen molar-refractivity contribution in [1.82, 2.24) is 10.2 Å². The molecule has 0 saturated carbocycles. The van der Waals surface area contributed by atoms with Crippen molar-refractivity contribution in [3.63, 3.8) is 0 Å². The molecule has 0 radical (unpaired) electrons. The topological polar surface area (TPSA) is 15.3 Å². The third-order valence-electron chi connectivity index (χ3n) is 2.83. The van der Waals surface area contributed by atoms with Crippen LogP contribution in [0.25, 0.3) is 0 Å². The molecular weight excluding hydrogens is 364 g/mol. The lowest BCUT2D eigenvalue weighted by Crippen LogP contribution is -2.30. The zero-order valence-electron chi connectivity index (χ0n) is 10.8. The molecule has 1 unspecified atom stereocenters. The lowest BCUT2D eigenvalue weighted by molar-refractivity contribution is 0.292.